The minimum atomic E-state index is 0.406. The van der Waals surface area contributed by atoms with E-state index in [1.54, 1.807) is 5.56 Å². The second-order valence-corrected chi connectivity index (χ2v) is 5.27. The van der Waals surface area contributed by atoms with Crippen LogP contribution in [0.3, 0.4) is 0 Å². The Balaban J connectivity index is 2.10. The van der Waals surface area contributed by atoms with Crippen molar-refractivity contribution >= 4 is 11.3 Å². The van der Waals surface area contributed by atoms with E-state index in [4.69, 9.17) is 0 Å². The van der Waals surface area contributed by atoms with E-state index in [9.17, 15) is 0 Å². The Hall–Kier alpha value is -1.12. The third-order valence-corrected chi connectivity index (χ3v) is 4.25. The topological polar surface area (TPSA) is 12.0 Å². The van der Waals surface area contributed by atoms with Crippen molar-refractivity contribution in [3.8, 4) is 0 Å². The molecular weight excluding hydrogens is 214 g/mol. The Kier molecular flexibility index (Phi) is 2.54. The molecule has 1 aromatic heterocycles. The van der Waals surface area contributed by atoms with E-state index in [-0.39, 0.29) is 0 Å². The summed E-state index contributed by atoms with van der Waals surface area (Å²) < 4.78 is 0. The molecule has 0 amide bonds. The second-order valence-electron chi connectivity index (χ2n) is 4.30. The lowest BCUT2D eigenvalue weighted by Gasteiger charge is -2.27. The van der Waals surface area contributed by atoms with Gasteiger partial charge < -0.3 is 5.32 Å². The number of rotatable bonds is 1. The second kappa shape index (κ2) is 4.04. The minimum absolute atomic E-state index is 0.406. The van der Waals surface area contributed by atoms with E-state index in [0.29, 0.717) is 6.04 Å². The highest BCUT2D eigenvalue weighted by atomic mass is 32.1. The largest absolute Gasteiger partial charge is 0.305 e. The fourth-order valence-corrected chi connectivity index (χ4v) is 3.32. The fraction of sp³-hybridized carbons (Fsp3) is 0.286. The van der Waals surface area contributed by atoms with Crippen LogP contribution >= 0.6 is 11.3 Å². The summed E-state index contributed by atoms with van der Waals surface area (Å²) in [7, 11) is 0. The molecule has 0 bridgehead atoms. The van der Waals surface area contributed by atoms with E-state index in [2.05, 4.69) is 48.0 Å². The van der Waals surface area contributed by atoms with Crippen LogP contribution in [0.4, 0.5) is 0 Å². The number of benzene rings is 1. The summed E-state index contributed by atoms with van der Waals surface area (Å²) in [6.45, 7) is 3.30. The average molecular weight is 229 g/mol. The van der Waals surface area contributed by atoms with Gasteiger partial charge in [0.15, 0.2) is 0 Å². The third kappa shape index (κ3) is 1.58. The van der Waals surface area contributed by atoms with Gasteiger partial charge in [-0.3, -0.25) is 0 Å². The van der Waals surface area contributed by atoms with Crippen molar-refractivity contribution in [3.63, 3.8) is 0 Å². The third-order valence-electron chi connectivity index (χ3n) is 3.31. The lowest BCUT2D eigenvalue weighted by atomic mass is 9.90. The van der Waals surface area contributed by atoms with Crippen molar-refractivity contribution in [2.45, 2.75) is 19.4 Å². The summed E-state index contributed by atoms with van der Waals surface area (Å²) in [5.74, 6) is 0. The highest BCUT2D eigenvalue weighted by Gasteiger charge is 2.22. The summed E-state index contributed by atoms with van der Waals surface area (Å²) in [6, 6.07) is 11.4. The van der Waals surface area contributed by atoms with Crippen LogP contribution in [0, 0.1) is 6.92 Å². The smallest absolute Gasteiger partial charge is 0.0673 e. The van der Waals surface area contributed by atoms with Crippen molar-refractivity contribution < 1.29 is 0 Å². The van der Waals surface area contributed by atoms with Gasteiger partial charge in [-0.2, -0.15) is 0 Å². The van der Waals surface area contributed by atoms with Crippen LogP contribution in [0.1, 0.15) is 27.6 Å². The zero-order chi connectivity index (χ0) is 11.0. The molecule has 2 heteroatoms. The van der Waals surface area contributed by atoms with Crippen LogP contribution in [0.15, 0.2) is 35.7 Å². The molecular formula is C14H15NS. The molecule has 0 radical (unpaired) electrons. The lowest BCUT2D eigenvalue weighted by molar-refractivity contribution is 0.573. The monoisotopic (exact) mass is 229 g/mol. The Morgan fingerprint density at radius 1 is 1.25 bits per heavy atom. The van der Waals surface area contributed by atoms with Gasteiger partial charge in [0.1, 0.15) is 0 Å². The molecule has 1 unspecified atom stereocenters. The van der Waals surface area contributed by atoms with Gasteiger partial charge in [0.25, 0.3) is 0 Å². The van der Waals surface area contributed by atoms with Gasteiger partial charge in [-0.25, -0.2) is 0 Å². The molecule has 1 N–H and O–H groups in total. The molecule has 0 saturated heterocycles. The molecule has 3 rings (SSSR count). The first kappa shape index (κ1) is 10.1. The zero-order valence-electron chi connectivity index (χ0n) is 9.36. The first-order valence-electron chi connectivity index (χ1n) is 5.71. The van der Waals surface area contributed by atoms with Crippen molar-refractivity contribution in [1.29, 1.82) is 0 Å². The van der Waals surface area contributed by atoms with Gasteiger partial charge in [0, 0.05) is 11.4 Å². The highest BCUT2D eigenvalue weighted by molar-refractivity contribution is 7.10. The molecule has 1 atom stereocenters. The molecule has 82 valence electrons. The molecule has 2 aromatic rings. The number of hydrogen-bond donors (Lipinski definition) is 1. The summed E-state index contributed by atoms with van der Waals surface area (Å²) in [5, 5.41) is 5.77. The molecule has 1 aliphatic heterocycles. The van der Waals surface area contributed by atoms with E-state index >= 15 is 0 Å². The summed E-state index contributed by atoms with van der Waals surface area (Å²) in [4.78, 5) is 1.42. The Morgan fingerprint density at radius 2 is 2.19 bits per heavy atom. The van der Waals surface area contributed by atoms with Crippen molar-refractivity contribution in [2.24, 2.45) is 0 Å². The lowest BCUT2D eigenvalue weighted by Crippen LogP contribution is -2.30. The molecule has 1 aromatic carbocycles. The molecule has 16 heavy (non-hydrogen) atoms. The van der Waals surface area contributed by atoms with Crippen LogP contribution in [0.2, 0.25) is 0 Å². The number of thiophene rings is 1. The van der Waals surface area contributed by atoms with Crippen LogP contribution in [-0.2, 0) is 6.42 Å². The molecule has 1 aliphatic rings. The zero-order valence-corrected chi connectivity index (χ0v) is 10.2. The number of hydrogen-bond acceptors (Lipinski definition) is 2. The minimum Gasteiger partial charge on any atom is -0.305 e. The van der Waals surface area contributed by atoms with E-state index in [1.165, 1.54) is 16.0 Å². The van der Waals surface area contributed by atoms with Crippen molar-refractivity contribution in [2.75, 3.05) is 6.54 Å². The van der Waals surface area contributed by atoms with Gasteiger partial charge in [-0.15, -0.1) is 11.3 Å². The molecule has 1 nitrogen and oxygen atoms in total. The SMILES string of the molecule is Cc1cccc2c1CCNC2c1cccs1. The van der Waals surface area contributed by atoms with Gasteiger partial charge in [-0.05, 0) is 41.5 Å². The van der Waals surface area contributed by atoms with Crippen molar-refractivity contribution in [3.05, 3.63) is 57.3 Å². The van der Waals surface area contributed by atoms with Crippen LogP contribution < -0.4 is 5.32 Å². The summed E-state index contributed by atoms with van der Waals surface area (Å²) in [6.07, 6.45) is 1.16. The number of nitrogens with one attached hydrogen (secondary N) is 1. The first-order valence-corrected chi connectivity index (χ1v) is 6.59. The quantitative estimate of drug-likeness (QED) is 0.791. The Morgan fingerprint density at radius 3 is 3.00 bits per heavy atom. The highest BCUT2D eigenvalue weighted by Crippen LogP contribution is 2.32. The van der Waals surface area contributed by atoms with E-state index in [0.717, 1.165) is 13.0 Å². The van der Waals surface area contributed by atoms with Gasteiger partial charge in [0.2, 0.25) is 0 Å². The van der Waals surface area contributed by atoms with Crippen LogP contribution in [0.25, 0.3) is 0 Å². The average Bonchev–Trinajstić information content (AvgIpc) is 2.82. The maximum atomic E-state index is 3.62. The maximum Gasteiger partial charge on any atom is 0.0673 e. The summed E-state index contributed by atoms with van der Waals surface area (Å²) >= 11 is 1.84. The molecule has 0 aliphatic carbocycles. The Bertz CT molecular complexity index is 487. The van der Waals surface area contributed by atoms with Crippen LogP contribution in [0.5, 0.6) is 0 Å². The maximum absolute atomic E-state index is 3.62. The predicted molar refractivity (Wildman–Crippen MR) is 69.0 cm³/mol. The number of aryl methyl sites for hydroxylation is 1. The number of fused-ring (bicyclic) bond motifs is 1. The van der Waals surface area contributed by atoms with E-state index in [1.807, 2.05) is 11.3 Å². The normalized spacial score (nSPS) is 19.4. The first-order chi connectivity index (χ1) is 7.86. The molecule has 0 spiro atoms. The Labute approximate surface area is 100 Å². The summed E-state index contributed by atoms with van der Waals surface area (Å²) in [5.41, 5.74) is 4.44. The van der Waals surface area contributed by atoms with Crippen LogP contribution in [-0.4, -0.2) is 6.54 Å². The molecule has 0 fully saturated rings. The molecule has 2 heterocycles. The fourth-order valence-electron chi connectivity index (χ4n) is 2.50. The van der Waals surface area contributed by atoms with Gasteiger partial charge in [-0.1, -0.05) is 24.3 Å². The van der Waals surface area contributed by atoms with Gasteiger partial charge >= 0.3 is 0 Å². The van der Waals surface area contributed by atoms with Crippen molar-refractivity contribution in [1.82, 2.24) is 5.32 Å². The van der Waals surface area contributed by atoms with Gasteiger partial charge in [0.05, 0.1) is 6.04 Å². The standard InChI is InChI=1S/C14H15NS/c1-10-4-2-5-12-11(10)7-8-15-14(12)13-6-3-9-16-13/h2-6,9,14-15H,7-8H2,1H3. The molecule has 0 saturated carbocycles. The van der Waals surface area contributed by atoms with E-state index < -0.39 is 0 Å². The predicted octanol–water partition coefficient (Wildman–Crippen LogP) is 3.29.